The van der Waals surface area contributed by atoms with Gasteiger partial charge in [0.1, 0.15) is 0 Å². The van der Waals surface area contributed by atoms with Gasteiger partial charge in [-0.25, -0.2) is 9.59 Å². The van der Waals surface area contributed by atoms with Crippen LogP contribution in [0.3, 0.4) is 0 Å². The van der Waals surface area contributed by atoms with Crippen LogP contribution in [0.2, 0.25) is 0 Å². The fourth-order valence-corrected chi connectivity index (χ4v) is 0. The Labute approximate surface area is 62.1 Å². The normalized spacial score (nSPS) is 7.36. The van der Waals surface area contributed by atoms with Crippen molar-refractivity contribution in [1.82, 2.24) is 0 Å². The molecule has 0 heterocycles. The molecule has 0 aliphatic carbocycles. The smallest absolute Gasteiger partial charge is 0.414 e. The third-order valence-corrected chi connectivity index (χ3v) is 0.485. The molecule has 3 N–H and O–H groups in total. The van der Waals surface area contributed by atoms with Gasteiger partial charge in [-0.2, -0.15) is 0 Å². The average molecular weight is 164 g/mol. The number of hydrogen-bond acceptors (Lipinski definition) is 3. The summed E-state index contributed by atoms with van der Waals surface area (Å²) in [7, 11) is 0. The number of carbonyl (C=O) groups is 3. The minimum atomic E-state index is -1.82. The van der Waals surface area contributed by atoms with Crippen LogP contribution in [0.15, 0.2) is 0 Å². The fourth-order valence-electron chi connectivity index (χ4n) is 0. The first-order chi connectivity index (χ1) is 4.91. The van der Waals surface area contributed by atoms with Gasteiger partial charge in [-0.05, 0) is 0 Å². The molecule has 0 aromatic rings. The van der Waals surface area contributed by atoms with E-state index < -0.39 is 17.9 Å². The summed E-state index contributed by atoms with van der Waals surface area (Å²) in [5.74, 6) is -4.39. The fraction of sp³-hybridized carbons (Fsp3) is 0.400. The van der Waals surface area contributed by atoms with E-state index in [0.717, 1.165) is 0 Å². The largest absolute Gasteiger partial charge is 0.481 e. The molecule has 0 saturated carbocycles. The molecule has 64 valence electrons. The van der Waals surface area contributed by atoms with E-state index in [1.807, 2.05) is 0 Å². The maximum absolute atomic E-state index is 9.37. The summed E-state index contributed by atoms with van der Waals surface area (Å²) >= 11 is 0. The highest BCUT2D eigenvalue weighted by Crippen LogP contribution is 1.67. The third kappa shape index (κ3) is 17.8. The molecule has 0 aliphatic heterocycles. The second kappa shape index (κ2) is 6.53. The van der Waals surface area contributed by atoms with Crippen LogP contribution in [0.4, 0.5) is 0 Å². The maximum atomic E-state index is 9.37. The molecule has 0 aromatic carbocycles. The highest BCUT2D eigenvalue weighted by Gasteiger charge is 2.04. The Kier molecular flexibility index (Phi) is 7.19. The molecular weight excluding hydrogens is 156 g/mol. The van der Waals surface area contributed by atoms with E-state index in [-0.39, 0.29) is 6.42 Å². The summed E-state index contributed by atoms with van der Waals surface area (Å²) in [6.07, 6.45) is 0.222. The lowest BCUT2D eigenvalue weighted by molar-refractivity contribution is -0.159. The average Bonchev–Trinajstić information content (AvgIpc) is 1.89. The van der Waals surface area contributed by atoms with Crippen molar-refractivity contribution in [2.24, 2.45) is 0 Å². The van der Waals surface area contributed by atoms with E-state index >= 15 is 0 Å². The maximum Gasteiger partial charge on any atom is 0.414 e. The lowest BCUT2D eigenvalue weighted by atomic mass is 10.5. The number of hydrogen-bond donors (Lipinski definition) is 3. The Morgan fingerprint density at radius 3 is 1.18 bits per heavy atom. The number of aliphatic carboxylic acids is 3. The molecule has 0 aromatic heterocycles. The van der Waals surface area contributed by atoms with E-state index in [9.17, 15) is 4.79 Å². The van der Waals surface area contributed by atoms with Gasteiger partial charge in [0.25, 0.3) is 0 Å². The van der Waals surface area contributed by atoms with E-state index in [0.29, 0.717) is 0 Å². The minimum absolute atomic E-state index is 0.222. The Hall–Kier alpha value is -1.59. The highest BCUT2D eigenvalue weighted by atomic mass is 16.4. The second-order valence-corrected chi connectivity index (χ2v) is 1.36. The van der Waals surface area contributed by atoms with Crippen molar-refractivity contribution in [3.63, 3.8) is 0 Å². The van der Waals surface area contributed by atoms with Crippen molar-refractivity contribution in [3.8, 4) is 0 Å². The van der Waals surface area contributed by atoms with Crippen molar-refractivity contribution < 1.29 is 29.7 Å². The zero-order valence-electron chi connectivity index (χ0n) is 5.77. The lowest BCUT2D eigenvalue weighted by Crippen LogP contribution is -2.09. The van der Waals surface area contributed by atoms with Gasteiger partial charge in [0.2, 0.25) is 0 Å². The Balaban J connectivity index is 0. The zero-order chi connectivity index (χ0) is 9.44. The van der Waals surface area contributed by atoms with Gasteiger partial charge in [-0.15, -0.1) is 0 Å². The molecule has 0 bridgehead atoms. The quantitative estimate of drug-likeness (QED) is 0.456. The van der Waals surface area contributed by atoms with E-state index in [1.54, 1.807) is 6.92 Å². The van der Waals surface area contributed by atoms with Gasteiger partial charge < -0.3 is 15.3 Å². The van der Waals surface area contributed by atoms with Crippen molar-refractivity contribution in [3.05, 3.63) is 0 Å². The van der Waals surface area contributed by atoms with Crippen LogP contribution in [0.1, 0.15) is 13.3 Å². The van der Waals surface area contributed by atoms with Crippen molar-refractivity contribution >= 4 is 17.9 Å². The van der Waals surface area contributed by atoms with Gasteiger partial charge in [-0.3, -0.25) is 4.79 Å². The minimum Gasteiger partial charge on any atom is -0.481 e. The molecule has 0 unspecified atom stereocenters. The molecular formula is C5H8O6. The molecule has 0 atom stereocenters. The first kappa shape index (κ1) is 12.1. The molecule has 6 heteroatoms. The molecule has 0 fully saturated rings. The Morgan fingerprint density at radius 2 is 1.18 bits per heavy atom. The molecule has 6 nitrogen and oxygen atoms in total. The van der Waals surface area contributed by atoms with Crippen LogP contribution in [0, 0.1) is 0 Å². The van der Waals surface area contributed by atoms with Gasteiger partial charge in [0.05, 0.1) is 0 Å². The number of carboxylic acid groups (broad SMARTS) is 3. The highest BCUT2D eigenvalue weighted by molar-refractivity contribution is 6.27. The third-order valence-electron chi connectivity index (χ3n) is 0.485. The molecule has 0 amide bonds. The molecule has 0 saturated heterocycles. The lowest BCUT2D eigenvalue weighted by Gasteiger charge is -1.72. The topological polar surface area (TPSA) is 112 Å². The predicted octanol–water partition coefficient (Wildman–Crippen LogP) is -0.363. The summed E-state index contributed by atoms with van der Waals surface area (Å²) in [5.41, 5.74) is 0. The summed E-state index contributed by atoms with van der Waals surface area (Å²) in [6, 6.07) is 0. The van der Waals surface area contributed by atoms with Gasteiger partial charge in [0.15, 0.2) is 0 Å². The molecule has 0 radical (unpaired) electrons. The molecule has 0 spiro atoms. The Morgan fingerprint density at radius 1 is 1.00 bits per heavy atom. The van der Waals surface area contributed by atoms with Crippen LogP contribution >= 0.6 is 0 Å². The summed E-state index contributed by atoms with van der Waals surface area (Å²) in [4.78, 5) is 27.6. The first-order valence-corrected chi connectivity index (χ1v) is 2.59. The van der Waals surface area contributed by atoms with Crippen molar-refractivity contribution in [1.29, 1.82) is 0 Å². The van der Waals surface area contributed by atoms with Crippen molar-refractivity contribution in [2.75, 3.05) is 0 Å². The molecule has 0 rings (SSSR count). The summed E-state index contributed by atoms with van der Waals surface area (Å²) in [5, 5.41) is 22.5. The SMILES string of the molecule is CCC(=O)O.O=C(O)C(=O)O. The van der Waals surface area contributed by atoms with E-state index in [1.165, 1.54) is 0 Å². The molecule has 11 heavy (non-hydrogen) atoms. The van der Waals surface area contributed by atoms with Gasteiger partial charge in [-0.1, -0.05) is 6.92 Å². The van der Waals surface area contributed by atoms with Crippen LogP contribution in [-0.2, 0) is 14.4 Å². The summed E-state index contributed by atoms with van der Waals surface area (Å²) in [6.45, 7) is 1.60. The summed E-state index contributed by atoms with van der Waals surface area (Å²) < 4.78 is 0. The monoisotopic (exact) mass is 164 g/mol. The molecule has 0 aliphatic rings. The van der Waals surface area contributed by atoms with Crippen LogP contribution in [-0.4, -0.2) is 33.2 Å². The predicted molar refractivity (Wildman–Crippen MR) is 33.2 cm³/mol. The van der Waals surface area contributed by atoms with Crippen LogP contribution in [0.5, 0.6) is 0 Å². The van der Waals surface area contributed by atoms with Crippen molar-refractivity contribution in [2.45, 2.75) is 13.3 Å². The van der Waals surface area contributed by atoms with E-state index in [2.05, 4.69) is 0 Å². The number of rotatable bonds is 1. The van der Waals surface area contributed by atoms with E-state index in [4.69, 9.17) is 24.9 Å². The van der Waals surface area contributed by atoms with Gasteiger partial charge >= 0.3 is 17.9 Å². The first-order valence-electron chi connectivity index (χ1n) is 2.59. The van der Waals surface area contributed by atoms with Gasteiger partial charge in [0, 0.05) is 6.42 Å². The standard InChI is InChI=1S/C3H6O2.C2H2O4/c1-2-3(4)5;3-1(4)2(5)6/h2H2,1H3,(H,4,5);(H,3,4)(H,5,6). The number of carboxylic acids is 3. The second-order valence-electron chi connectivity index (χ2n) is 1.36. The van der Waals surface area contributed by atoms with Crippen LogP contribution < -0.4 is 0 Å². The Bertz CT molecular complexity index is 148. The van der Waals surface area contributed by atoms with Crippen LogP contribution in [0.25, 0.3) is 0 Å². The zero-order valence-corrected chi connectivity index (χ0v) is 5.77.